The van der Waals surface area contributed by atoms with Gasteiger partial charge in [-0.1, -0.05) is 42.5 Å². The van der Waals surface area contributed by atoms with Crippen LogP contribution in [0.25, 0.3) is 6.08 Å². The highest BCUT2D eigenvalue weighted by atomic mass is 16.6. The normalized spacial score (nSPS) is 18.1. The van der Waals surface area contributed by atoms with Crippen molar-refractivity contribution in [2.24, 2.45) is 5.92 Å². The molecule has 6 heteroatoms. The minimum atomic E-state index is -0.337. The first-order valence-corrected chi connectivity index (χ1v) is 10.4. The second kappa shape index (κ2) is 9.03. The number of benzene rings is 2. The zero-order valence-electron chi connectivity index (χ0n) is 17.1. The van der Waals surface area contributed by atoms with Crippen LogP contribution in [-0.4, -0.2) is 49.6 Å². The van der Waals surface area contributed by atoms with Crippen LogP contribution in [0.1, 0.15) is 18.9 Å². The molecule has 2 aromatic rings. The molecule has 2 aromatic carbocycles. The molecular formula is C24H26N2O4. The third-order valence-corrected chi connectivity index (χ3v) is 5.45. The molecule has 1 atom stereocenters. The average Bonchev–Trinajstić information content (AvgIpc) is 3.17. The van der Waals surface area contributed by atoms with Gasteiger partial charge in [0.25, 0.3) is 0 Å². The molecule has 4 rings (SSSR count). The number of carbonyl (C=O) groups excluding carboxylic acids is 2. The van der Waals surface area contributed by atoms with Crippen molar-refractivity contribution in [2.45, 2.75) is 13.3 Å². The summed E-state index contributed by atoms with van der Waals surface area (Å²) < 4.78 is 11.3. The predicted octanol–water partition coefficient (Wildman–Crippen LogP) is 3.37. The van der Waals surface area contributed by atoms with Gasteiger partial charge in [0, 0.05) is 37.8 Å². The molecule has 0 spiro atoms. The number of likely N-dealkylation sites (tertiary alicyclic amines) is 1. The highest BCUT2D eigenvalue weighted by molar-refractivity contribution is 5.99. The first-order valence-electron chi connectivity index (χ1n) is 10.4. The lowest BCUT2D eigenvalue weighted by molar-refractivity contribution is -0.128. The number of hydrogen-bond donors (Lipinski definition) is 0. The summed E-state index contributed by atoms with van der Waals surface area (Å²) in [5, 5.41) is 0. The molecule has 0 radical (unpaired) electrons. The lowest BCUT2D eigenvalue weighted by Gasteiger charge is -2.26. The zero-order chi connectivity index (χ0) is 20.9. The fourth-order valence-electron chi connectivity index (χ4n) is 3.84. The van der Waals surface area contributed by atoms with Crippen molar-refractivity contribution in [3.05, 3.63) is 60.2 Å². The van der Waals surface area contributed by atoms with Crippen molar-refractivity contribution >= 4 is 23.6 Å². The van der Waals surface area contributed by atoms with E-state index >= 15 is 0 Å². The van der Waals surface area contributed by atoms with Gasteiger partial charge in [0.15, 0.2) is 11.5 Å². The van der Waals surface area contributed by atoms with Gasteiger partial charge in [-0.3, -0.25) is 9.59 Å². The van der Waals surface area contributed by atoms with Gasteiger partial charge in [-0.25, -0.2) is 0 Å². The van der Waals surface area contributed by atoms with Gasteiger partial charge in [0.1, 0.15) is 13.2 Å². The fraction of sp³-hybridized carbons (Fsp3) is 0.333. The topological polar surface area (TPSA) is 59.1 Å². The molecule has 2 aliphatic heterocycles. The second-order valence-corrected chi connectivity index (χ2v) is 7.42. The predicted molar refractivity (Wildman–Crippen MR) is 116 cm³/mol. The van der Waals surface area contributed by atoms with E-state index in [-0.39, 0.29) is 24.2 Å². The van der Waals surface area contributed by atoms with Crippen LogP contribution >= 0.6 is 0 Å². The summed E-state index contributed by atoms with van der Waals surface area (Å²) in [6, 6.07) is 15.5. The maximum absolute atomic E-state index is 13.4. The SMILES string of the molecule is CCN1CC(C(=O)N(C/C=C/c2ccccc2)c2ccc3c(c2)OCCO3)CC1=O. The summed E-state index contributed by atoms with van der Waals surface area (Å²) in [7, 11) is 0. The van der Waals surface area contributed by atoms with Crippen molar-refractivity contribution in [1.29, 1.82) is 0 Å². The van der Waals surface area contributed by atoms with E-state index in [1.165, 1.54) is 0 Å². The Labute approximate surface area is 176 Å². The summed E-state index contributed by atoms with van der Waals surface area (Å²) in [6.07, 6.45) is 4.23. The zero-order valence-corrected chi connectivity index (χ0v) is 17.1. The molecule has 1 fully saturated rings. The quantitative estimate of drug-likeness (QED) is 0.738. The number of amides is 2. The molecule has 1 unspecified atom stereocenters. The molecule has 0 N–H and O–H groups in total. The Kier molecular flexibility index (Phi) is 6.02. The molecule has 0 bridgehead atoms. The smallest absolute Gasteiger partial charge is 0.232 e. The molecule has 0 aliphatic carbocycles. The summed E-state index contributed by atoms with van der Waals surface area (Å²) in [5.74, 6) is 0.981. The van der Waals surface area contributed by atoms with Gasteiger partial charge >= 0.3 is 0 Å². The summed E-state index contributed by atoms with van der Waals surface area (Å²) in [4.78, 5) is 29.1. The Morgan fingerprint density at radius 1 is 1.13 bits per heavy atom. The monoisotopic (exact) mass is 406 g/mol. The molecule has 2 amide bonds. The fourth-order valence-corrected chi connectivity index (χ4v) is 3.84. The van der Waals surface area contributed by atoms with E-state index in [1.807, 2.05) is 67.6 Å². The van der Waals surface area contributed by atoms with E-state index in [0.717, 1.165) is 11.3 Å². The van der Waals surface area contributed by atoms with Gasteiger partial charge in [0.05, 0.1) is 5.92 Å². The van der Waals surface area contributed by atoms with Gasteiger partial charge in [0.2, 0.25) is 11.8 Å². The molecule has 2 heterocycles. The number of nitrogens with zero attached hydrogens (tertiary/aromatic N) is 2. The first kappa shape index (κ1) is 20.0. The number of carbonyl (C=O) groups is 2. The van der Waals surface area contributed by atoms with E-state index < -0.39 is 0 Å². The standard InChI is InChI=1S/C24H26N2O4/c1-2-25-17-19(15-23(25)27)24(28)26(12-6-9-18-7-4-3-5-8-18)20-10-11-21-22(16-20)30-14-13-29-21/h3-11,16,19H,2,12-15,17H2,1H3/b9-6+. The first-order chi connectivity index (χ1) is 14.7. The van der Waals surface area contributed by atoms with Crippen LogP contribution in [0.3, 0.4) is 0 Å². The van der Waals surface area contributed by atoms with Crippen molar-refractivity contribution in [1.82, 2.24) is 4.90 Å². The second-order valence-electron chi connectivity index (χ2n) is 7.42. The number of anilines is 1. The van der Waals surface area contributed by atoms with Crippen molar-refractivity contribution in [3.63, 3.8) is 0 Å². The molecule has 1 saturated heterocycles. The third kappa shape index (κ3) is 4.32. The highest BCUT2D eigenvalue weighted by Crippen LogP contribution is 2.35. The van der Waals surface area contributed by atoms with E-state index in [0.29, 0.717) is 44.3 Å². The van der Waals surface area contributed by atoms with Crippen LogP contribution in [0.5, 0.6) is 11.5 Å². The molecular weight excluding hydrogens is 380 g/mol. The van der Waals surface area contributed by atoms with Gasteiger partial charge in [-0.15, -0.1) is 0 Å². The minimum Gasteiger partial charge on any atom is -0.486 e. The minimum absolute atomic E-state index is 0.0396. The van der Waals surface area contributed by atoms with Crippen LogP contribution in [0.4, 0.5) is 5.69 Å². The lowest BCUT2D eigenvalue weighted by atomic mass is 10.1. The van der Waals surface area contributed by atoms with Crippen LogP contribution < -0.4 is 14.4 Å². The molecule has 30 heavy (non-hydrogen) atoms. The maximum Gasteiger partial charge on any atom is 0.232 e. The van der Waals surface area contributed by atoms with E-state index in [9.17, 15) is 9.59 Å². The van der Waals surface area contributed by atoms with E-state index in [4.69, 9.17) is 9.47 Å². The summed E-state index contributed by atoms with van der Waals surface area (Å²) in [5.41, 5.74) is 1.81. The lowest BCUT2D eigenvalue weighted by Crippen LogP contribution is -2.37. The molecule has 0 aromatic heterocycles. The third-order valence-electron chi connectivity index (χ3n) is 5.45. The Bertz CT molecular complexity index is 941. The molecule has 6 nitrogen and oxygen atoms in total. The Morgan fingerprint density at radius 2 is 1.90 bits per heavy atom. The molecule has 0 saturated carbocycles. The van der Waals surface area contributed by atoms with Crippen LogP contribution in [0, 0.1) is 5.92 Å². The van der Waals surface area contributed by atoms with Gasteiger partial charge < -0.3 is 19.3 Å². The number of fused-ring (bicyclic) bond motifs is 1. The summed E-state index contributed by atoms with van der Waals surface area (Å²) >= 11 is 0. The molecule has 156 valence electrons. The Balaban J connectivity index is 1.58. The van der Waals surface area contributed by atoms with Crippen molar-refractivity contribution in [3.8, 4) is 11.5 Å². The van der Waals surface area contributed by atoms with E-state index in [2.05, 4.69) is 0 Å². The van der Waals surface area contributed by atoms with Crippen molar-refractivity contribution in [2.75, 3.05) is 37.7 Å². The van der Waals surface area contributed by atoms with Crippen LogP contribution in [0.15, 0.2) is 54.6 Å². The Hall–Kier alpha value is -3.28. The average molecular weight is 406 g/mol. The van der Waals surface area contributed by atoms with Gasteiger partial charge in [-0.05, 0) is 24.6 Å². The largest absolute Gasteiger partial charge is 0.486 e. The summed E-state index contributed by atoms with van der Waals surface area (Å²) in [6.45, 7) is 4.45. The number of hydrogen-bond acceptors (Lipinski definition) is 4. The van der Waals surface area contributed by atoms with Crippen LogP contribution in [0.2, 0.25) is 0 Å². The van der Waals surface area contributed by atoms with Gasteiger partial charge in [-0.2, -0.15) is 0 Å². The number of ether oxygens (including phenoxy) is 2. The highest BCUT2D eigenvalue weighted by Gasteiger charge is 2.36. The number of rotatable bonds is 6. The van der Waals surface area contributed by atoms with Crippen LogP contribution in [-0.2, 0) is 9.59 Å². The Morgan fingerprint density at radius 3 is 2.63 bits per heavy atom. The van der Waals surface area contributed by atoms with Crippen molar-refractivity contribution < 1.29 is 19.1 Å². The molecule has 2 aliphatic rings. The maximum atomic E-state index is 13.4. The van der Waals surface area contributed by atoms with E-state index in [1.54, 1.807) is 9.80 Å².